The summed E-state index contributed by atoms with van der Waals surface area (Å²) in [7, 11) is 0. The van der Waals surface area contributed by atoms with Crippen LogP contribution in [-0.2, 0) is 9.63 Å². The van der Waals surface area contributed by atoms with E-state index in [9.17, 15) is 4.79 Å². The van der Waals surface area contributed by atoms with E-state index in [1.807, 2.05) is 0 Å². The Morgan fingerprint density at radius 3 is 2.50 bits per heavy atom. The number of aliphatic hydroxyl groups excluding tert-OH is 1. The van der Waals surface area contributed by atoms with E-state index in [2.05, 4.69) is 10.7 Å². The fourth-order valence-corrected chi connectivity index (χ4v) is 0.162. The average molecular weight is 120 g/mol. The van der Waals surface area contributed by atoms with E-state index in [4.69, 9.17) is 10.8 Å². The van der Waals surface area contributed by atoms with Gasteiger partial charge in [-0.05, 0) is 0 Å². The van der Waals surface area contributed by atoms with Crippen LogP contribution in [0.3, 0.4) is 0 Å². The zero-order chi connectivity index (χ0) is 6.57. The highest BCUT2D eigenvalue weighted by Crippen LogP contribution is 1.76. The third-order valence-corrected chi connectivity index (χ3v) is 0.616. The molecule has 0 fully saturated rings. The maximum absolute atomic E-state index is 10.1. The van der Waals surface area contributed by atoms with E-state index in [-0.39, 0.29) is 0 Å². The lowest BCUT2D eigenvalue weighted by Gasteiger charge is -2.01. The van der Waals surface area contributed by atoms with Crippen molar-refractivity contribution in [3.05, 3.63) is 0 Å². The van der Waals surface area contributed by atoms with Crippen LogP contribution >= 0.6 is 0 Å². The molecule has 0 amide bonds. The second-order valence-electron chi connectivity index (χ2n) is 1.23. The number of carbonyl (C=O) groups is 1. The van der Waals surface area contributed by atoms with Crippen LogP contribution in [0.2, 0.25) is 0 Å². The van der Waals surface area contributed by atoms with Crippen LogP contribution in [0.1, 0.15) is 0 Å². The van der Waals surface area contributed by atoms with Gasteiger partial charge in [-0.1, -0.05) is 0 Å². The quantitative estimate of drug-likeness (QED) is 0.357. The molecular weight excluding hydrogens is 112 g/mol. The molecule has 0 unspecified atom stereocenters. The standard InChI is InChI=1S/C3H8N2O3/c4-2(1-6)3(7)8-5/h2,6H,1,4-5H2/t2-/m1/s1. The molecule has 0 saturated carbocycles. The highest BCUT2D eigenvalue weighted by Gasteiger charge is 2.11. The van der Waals surface area contributed by atoms with Crippen LogP contribution in [-0.4, -0.2) is 23.7 Å². The van der Waals surface area contributed by atoms with Gasteiger partial charge in [-0.15, -0.1) is 0 Å². The average Bonchev–Trinajstić information content (AvgIpc) is 1.84. The summed E-state index contributed by atoms with van der Waals surface area (Å²) in [5.41, 5.74) is 4.92. The molecule has 0 aromatic heterocycles. The molecule has 5 nitrogen and oxygen atoms in total. The molecule has 0 aromatic carbocycles. The van der Waals surface area contributed by atoms with Crippen molar-refractivity contribution in [1.29, 1.82) is 0 Å². The lowest BCUT2D eigenvalue weighted by atomic mass is 10.3. The number of hydrogen-bond donors (Lipinski definition) is 3. The van der Waals surface area contributed by atoms with Gasteiger partial charge < -0.3 is 15.7 Å². The van der Waals surface area contributed by atoms with Gasteiger partial charge in [0.2, 0.25) is 0 Å². The topological polar surface area (TPSA) is 98.6 Å². The molecule has 0 radical (unpaired) electrons. The molecule has 0 heterocycles. The largest absolute Gasteiger partial charge is 0.394 e. The summed E-state index contributed by atoms with van der Waals surface area (Å²) in [6, 6.07) is -1.01. The van der Waals surface area contributed by atoms with Gasteiger partial charge >= 0.3 is 5.97 Å². The predicted octanol–water partition coefficient (Wildman–Crippen LogP) is -2.28. The van der Waals surface area contributed by atoms with Crippen molar-refractivity contribution in [2.75, 3.05) is 6.61 Å². The first-order valence-corrected chi connectivity index (χ1v) is 1.99. The highest BCUT2D eigenvalue weighted by atomic mass is 16.7. The van der Waals surface area contributed by atoms with Gasteiger partial charge in [0, 0.05) is 0 Å². The number of hydrogen-bond acceptors (Lipinski definition) is 5. The van der Waals surface area contributed by atoms with Crippen molar-refractivity contribution >= 4 is 5.97 Å². The maximum atomic E-state index is 10.1. The Kier molecular flexibility index (Phi) is 3.09. The SMILES string of the molecule is NOC(=O)[C@H](N)CO. The predicted molar refractivity (Wildman–Crippen MR) is 25.3 cm³/mol. The summed E-state index contributed by atoms with van der Waals surface area (Å²) in [6.45, 7) is -0.448. The molecule has 0 aliphatic carbocycles. The van der Waals surface area contributed by atoms with Crippen LogP contribution in [0.15, 0.2) is 0 Å². The van der Waals surface area contributed by atoms with Crippen LogP contribution in [0, 0.1) is 0 Å². The van der Waals surface area contributed by atoms with Gasteiger partial charge in [0.1, 0.15) is 6.04 Å². The molecule has 0 spiro atoms. The van der Waals surface area contributed by atoms with E-state index in [1.54, 1.807) is 0 Å². The molecule has 5 N–H and O–H groups in total. The summed E-state index contributed by atoms with van der Waals surface area (Å²) in [4.78, 5) is 13.8. The Hall–Kier alpha value is -0.650. The summed E-state index contributed by atoms with van der Waals surface area (Å²) >= 11 is 0. The van der Waals surface area contributed by atoms with Crippen LogP contribution in [0.4, 0.5) is 0 Å². The van der Waals surface area contributed by atoms with Crippen LogP contribution in [0.25, 0.3) is 0 Å². The Bertz CT molecular complexity index is 84.6. The zero-order valence-corrected chi connectivity index (χ0v) is 4.20. The Morgan fingerprint density at radius 2 is 2.38 bits per heavy atom. The highest BCUT2D eigenvalue weighted by molar-refractivity contribution is 5.75. The molecule has 0 rings (SSSR count). The fourth-order valence-electron chi connectivity index (χ4n) is 0.162. The molecule has 0 aromatic rings. The first kappa shape index (κ1) is 7.35. The summed E-state index contributed by atoms with van der Waals surface area (Å²) in [5, 5.41) is 8.15. The van der Waals surface area contributed by atoms with Crippen LogP contribution in [0.5, 0.6) is 0 Å². The maximum Gasteiger partial charge on any atom is 0.343 e. The van der Waals surface area contributed by atoms with Gasteiger partial charge in [-0.25, -0.2) is 4.79 Å². The third-order valence-electron chi connectivity index (χ3n) is 0.616. The normalized spacial score (nSPS) is 12.9. The van der Waals surface area contributed by atoms with E-state index in [1.165, 1.54) is 0 Å². The second kappa shape index (κ2) is 3.36. The van der Waals surface area contributed by atoms with E-state index in [0.29, 0.717) is 0 Å². The summed E-state index contributed by atoms with van der Waals surface area (Å²) in [6.07, 6.45) is 0. The molecular formula is C3H8N2O3. The molecule has 8 heavy (non-hydrogen) atoms. The minimum Gasteiger partial charge on any atom is -0.394 e. The monoisotopic (exact) mass is 120 g/mol. The number of carbonyl (C=O) groups excluding carboxylic acids is 1. The van der Waals surface area contributed by atoms with Gasteiger partial charge in [0.25, 0.3) is 0 Å². The minimum absolute atomic E-state index is 0.448. The number of rotatable bonds is 2. The van der Waals surface area contributed by atoms with E-state index >= 15 is 0 Å². The van der Waals surface area contributed by atoms with Gasteiger partial charge in [0.15, 0.2) is 0 Å². The molecule has 48 valence electrons. The van der Waals surface area contributed by atoms with Gasteiger partial charge in [-0.3, -0.25) is 0 Å². The second-order valence-corrected chi connectivity index (χ2v) is 1.23. The summed E-state index contributed by atoms with van der Waals surface area (Å²) < 4.78 is 0. The van der Waals surface area contributed by atoms with Crippen molar-refractivity contribution in [3.63, 3.8) is 0 Å². The Balaban J connectivity index is 3.46. The molecule has 0 saturated heterocycles. The number of nitrogens with two attached hydrogens (primary N) is 2. The Labute approximate surface area is 46.2 Å². The van der Waals surface area contributed by atoms with Crippen LogP contribution < -0.4 is 11.6 Å². The van der Waals surface area contributed by atoms with Crippen molar-refractivity contribution in [2.45, 2.75) is 6.04 Å². The van der Waals surface area contributed by atoms with E-state index < -0.39 is 18.6 Å². The summed E-state index contributed by atoms with van der Waals surface area (Å²) in [5.74, 6) is 3.60. The molecule has 5 heteroatoms. The molecule has 0 bridgehead atoms. The Morgan fingerprint density at radius 1 is 1.88 bits per heavy atom. The van der Waals surface area contributed by atoms with Crippen molar-refractivity contribution in [3.8, 4) is 0 Å². The lowest BCUT2D eigenvalue weighted by molar-refractivity contribution is -0.146. The fraction of sp³-hybridized carbons (Fsp3) is 0.667. The molecule has 1 atom stereocenters. The van der Waals surface area contributed by atoms with Crippen molar-refractivity contribution < 1.29 is 14.7 Å². The molecule has 0 aliphatic rings. The first-order valence-electron chi connectivity index (χ1n) is 1.99. The zero-order valence-electron chi connectivity index (χ0n) is 4.20. The van der Waals surface area contributed by atoms with Crippen molar-refractivity contribution in [1.82, 2.24) is 0 Å². The van der Waals surface area contributed by atoms with E-state index in [0.717, 1.165) is 0 Å². The lowest BCUT2D eigenvalue weighted by Crippen LogP contribution is -2.36. The van der Waals surface area contributed by atoms with Gasteiger partial charge in [-0.2, -0.15) is 5.90 Å². The first-order chi connectivity index (χ1) is 3.72. The third kappa shape index (κ3) is 1.87. The van der Waals surface area contributed by atoms with Crippen molar-refractivity contribution in [2.24, 2.45) is 11.6 Å². The number of aliphatic hydroxyl groups is 1. The molecule has 0 aliphatic heterocycles. The smallest absolute Gasteiger partial charge is 0.343 e. The van der Waals surface area contributed by atoms with Gasteiger partial charge in [0.05, 0.1) is 6.61 Å². The minimum atomic E-state index is -1.01.